The van der Waals surface area contributed by atoms with Gasteiger partial charge in [-0.2, -0.15) is 0 Å². The van der Waals surface area contributed by atoms with Crippen LogP contribution in [0, 0.1) is 0 Å². The van der Waals surface area contributed by atoms with Crippen molar-refractivity contribution in [2.75, 3.05) is 20.8 Å². The van der Waals surface area contributed by atoms with Gasteiger partial charge in [0.1, 0.15) is 29.9 Å². The highest BCUT2D eigenvalue weighted by atomic mass is 32.1. The molecule has 0 radical (unpaired) electrons. The van der Waals surface area contributed by atoms with E-state index in [9.17, 15) is 9.59 Å². The highest BCUT2D eigenvalue weighted by Gasteiger charge is 2.35. The summed E-state index contributed by atoms with van der Waals surface area (Å²) < 4.78 is 24.8. The second-order valence-corrected chi connectivity index (χ2v) is 11.4. The summed E-state index contributed by atoms with van der Waals surface area (Å²) in [5.41, 5.74) is 2.93. The number of esters is 1. The van der Waals surface area contributed by atoms with Gasteiger partial charge in [-0.15, -0.1) is 0 Å². The molecular weight excluding hydrogens is 588 g/mol. The number of methoxy groups -OCH3 is 2. The standard InChI is InChI=1S/C36H32N2O6S/c1-5-43-35(40)32-22(2)37-36-38(33(32)29-20-26(41-3)16-17-30(29)42-4)34(39)31(45-36)19-23-10-8-14-27(18-23)44-21-25-13-9-12-24-11-6-7-15-28(24)25/h6-20,33H,5,21H2,1-4H3/b31-19-/t33-/m0/s1. The normalized spacial score (nSPS) is 14.6. The average molecular weight is 621 g/mol. The van der Waals surface area contributed by atoms with E-state index >= 15 is 0 Å². The van der Waals surface area contributed by atoms with Gasteiger partial charge in [0.05, 0.1) is 36.6 Å². The molecule has 0 N–H and O–H groups in total. The number of carbonyl (C=O) groups excluding carboxylic acids is 1. The quantitative estimate of drug-likeness (QED) is 0.201. The van der Waals surface area contributed by atoms with Gasteiger partial charge in [-0.05, 0) is 72.2 Å². The minimum atomic E-state index is -0.831. The third-order valence-corrected chi connectivity index (χ3v) is 8.66. The number of fused-ring (bicyclic) bond motifs is 2. The molecule has 0 spiro atoms. The van der Waals surface area contributed by atoms with Gasteiger partial charge in [-0.25, -0.2) is 9.79 Å². The summed E-state index contributed by atoms with van der Waals surface area (Å²) in [6.45, 7) is 4.08. The van der Waals surface area contributed by atoms with E-state index in [0.29, 0.717) is 44.4 Å². The van der Waals surface area contributed by atoms with Crippen molar-refractivity contribution in [3.8, 4) is 17.2 Å². The summed E-state index contributed by atoms with van der Waals surface area (Å²) in [4.78, 5) is 32.6. The number of allylic oxidation sites excluding steroid dienone is 1. The minimum absolute atomic E-state index is 0.181. The van der Waals surface area contributed by atoms with Crippen molar-refractivity contribution >= 4 is 34.2 Å². The molecule has 0 amide bonds. The van der Waals surface area contributed by atoms with Crippen molar-refractivity contribution in [1.82, 2.24) is 4.57 Å². The molecule has 8 nitrogen and oxygen atoms in total. The van der Waals surface area contributed by atoms with Crippen LogP contribution in [0.2, 0.25) is 0 Å². The zero-order chi connectivity index (χ0) is 31.5. The third-order valence-electron chi connectivity index (χ3n) is 7.68. The fourth-order valence-corrected chi connectivity index (χ4v) is 6.61. The number of nitrogens with zero attached hydrogens (tertiary/aromatic N) is 2. The molecule has 1 atom stereocenters. The Kier molecular flexibility index (Phi) is 8.53. The number of rotatable bonds is 9. The third kappa shape index (κ3) is 5.86. The second-order valence-electron chi connectivity index (χ2n) is 10.4. The molecule has 1 aromatic heterocycles. The lowest BCUT2D eigenvalue weighted by Gasteiger charge is -2.26. The number of carbonyl (C=O) groups is 1. The number of benzene rings is 4. The Morgan fingerprint density at radius 3 is 2.56 bits per heavy atom. The molecule has 0 aliphatic carbocycles. The molecule has 1 aliphatic rings. The Balaban J connectivity index is 1.40. The van der Waals surface area contributed by atoms with E-state index in [0.717, 1.165) is 21.9 Å². The predicted molar refractivity (Wildman–Crippen MR) is 175 cm³/mol. The molecular formula is C36H32N2O6S. The van der Waals surface area contributed by atoms with E-state index in [2.05, 4.69) is 29.3 Å². The number of ether oxygens (including phenoxy) is 4. The van der Waals surface area contributed by atoms with Crippen molar-refractivity contribution in [3.05, 3.63) is 133 Å². The topological polar surface area (TPSA) is 88.4 Å². The number of hydrogen-bond acceptors (Lipinski definition) is 8. The first kappa shape index (κ1) is 29.9. The molecule has 6 rings (SSSR count). The van der Waals surface area contributed by atoms with E-state index in [1.54, 1.807) is 46.3 Å². The lowest BCUT2D eigenvalue weighted by atomic mass is 9.94. The van der Waals surface area contributed by atoms with Crippen LogP contribution in [-0.4, -0.2) is 31.4 Å². The van der Waals surface area contributed by atoms with Crippen LogP contribution in [0.15, 0.2) is 106 Å². The summed E-state index contributed by atoms with van der Waals surface area (Å²) in [7, 11) is 3.11. The summed E-state index contributed by atoms with van der Waals surface area (Å²) in [5.74, 6) is 1.21. The van der Waals surface area contributed by atoms with Gasteiger partial charge in [0, 0.05) is 5.56 Å². The Labute approximate surface area is 264 Å². The maximum Gasteiger partial charge on any atom is 0.338 e. The molecule has 5 aromatic rings. The number of hydrogen-bond donors (Lipinski definition) is 0. The smallest absolute Gasteiger partial charge is 0.338 e. The molecule has 0 saturated heterocycles. The Morgan fingerprint density at radius 2 is 1.76 bits per heavy atom. The Bertz CT molecular complexity index is 2120. The van der Waals surface area contributed by atoms with Crippen LogP contribution in [0.1, 0.15) is 36.6 Å². The first-order valence-electron chi connectivity index (χ1n) is 14.5. The van der Waals surface area contributed by atoms with Gasteiger partial charge in [-0.3, -0.25) is 9.36 Å². The van der Waals surface area contributed by atoms with E-state index in [4.69, 9.17) is 18.9 Å². The maximum atomic E-state index is 14.1. The van der Waals surface area contributed by atoms with E-state index in [1.807, 2.05) is 48.5 Å². The molecule has 0 unspecified atom stereocenters. The summed E-state index contributed by atoms with van der Waals surface area (Å²) in [6, 6.07) is 26.5. The van der Waals surface area contributed by atoms with E-state index < -0.39 is 12.0 Å². The molecule has 228 valence electrons. The second kappa shape index (κ2) is 12.8. The fourth-order valence-electron chi connectivity index (χ4n) is 5.56. The first-order valence-corrected chi connectivity index (χ1v) is 15.3. The lowest BCUT2D eigenvalue weighted by Crippen LogP contribution is -2.40. The molecule has 9 heteroatoms. The zero-order valence-electron chi connectivity index (χ0n) is 25.4. The monoisotopic (exact) mass is 620 g/mol. The van der Waals surface area contributed by atoms with Gasteiger partial charge in [0.2, 0.25) is 0 Å². The Hall–Kier alpha value is -5.15. The lowest BCUT2D eigenvalue weighted by molar-refractivity contribution is -0.139. The summed E-state index contributed by atoms with van der Waals surface area (Å²) in [6.07, 6.45) is 1.82. The van der Waals surface area contributed by atoms with Gasteiger partial charge in [-0.1, -0.05) is 65.9 Å². The largest absolute Gasteiger partial charge is 0.497 e. The van der Waals surface area contributed by atoms with Gasteiger partial charge >= 0.3 is 5.97 Å². The highest BCUT2D eigenvalue weighted by molar-refractivity contribution is 7.07. The maximum absolute atomic E-state index is 14.1. The van der Waals surface area contributed by atoms with E-state index in [1.165, 1.54) is 15.9 Å². The molecule has 0 fully saturated rings. The van der Waals surface area contributed by atoms with Crippen LogP contribution < -0.4 is 29.1 Å². The molecule has 45 heavy (non-hydrogen) atoms. The zero-order valence-corrected chi connectivity index (χ0v) is 26.2. The van der Waals surface area contributed by atoms with Gasteiger partial charge in [0.25, 0.3) is 5.56 Å². The van der Waals surface area contributed by atoms with Crippen molar-refractivity contribution in [2.24, 2.45) is 4.99 Å². The SMILES string of the molecule is CCOC(=O)C1=C(C)N=c2s/c(=C\c3cccc(OCc4cccc5ccccc45)c3)c(=O)n2[C@H]1c1cc(OC)ccc1OC. The van der Waals surface area contributed by atoms with Crippen LogP contribution in [0.3, 0.4) is 0 Å². The van der Waals surface area contributed by atoms with Crippen molar-refractivity contribution in [2.45, 2.75) is 26.5 Å². The van der Waals surface area contributed by atoms with Gasteiger partial charge < -0.3 is 18.9 Å². The van der Waals surface area contributed by atoms with Crippen molar-refractivity contribution in [3.63, 3.8) is 0 Å². The van der Waals surface area contributed by atoms with Crippen molar-refractivity contribution in [1.29, 1.82) is 0 Å². The predicted octanol–water partition coefficient (Wildman–Crippen LogP) is 5.55. The van der Waals surface area contributed by atoms with Crippen LogP contribution in [-0.2, 0) is 16.1 Å². The van der Waals surface area contributed by atoms with Crippen molar-refractivity contribution < 1.29 is 23.7 Å². The number of aromatic nitrogens is 1. The highest BCUT2D eigenvalue weighted by Crippen LogP contribution is 2.37. The first-order chi connectivity index (χ1) is 21.9. The number of thiazole rings is 1. The molecule has 0 bridgehead atoms. The molecule has 0 saturated carbocycles. The van der Waals surface area contributed by atoms with Crippen LogP contribution >= 0.6 is 11.3 Å². The Morgan fingerprint density at radius 1 is 0.956 bits per heavy atom. The van der Waals surface area contributed by atoms with Crippen LogP contribution in [0.4, 0.5) is 0 Å². The molecule has 2 heterocycles. The minimum Gasteiger partial charge on any atom is -0.497 e. The molecule has 1 aliphatic heterocycles. The fraction of sp³-hybridized carbons (Fsp3) is 0.194. The van der Waals surface area contributed by atoms with E-state index in [-0.39, 0.29) is 17.7 Å². The average Bonchev–Trinajstić information content (AvgIpc) is 3.36. The van der Waals surface area contributed by atoms with Crippen LogP contribution in [0.5, 0.6) is 17.2 Å². The molecule has 4 aromatic carbocycles. The summed E-state index contributed by atoms with van der Waals surface area (Å²) in [5, 5.41) is 2.31. The summed E-state index contributed by atoms with van der Waals surface area (Å²) >= 11 is 1.26. The van der Waals surface area contributed by atoms with Gasteiger partial charge in [0.15, 0.2) is 4.80 Å². The van der Waals surface area contributed by atoms with Crippen LogP contribution in [0.25, 0.3) is 16.8 Å².